The molecule has 0 saturated heterocycles. The van der Waals surface area contributed by atoms with Gasteiger partial charge in [0.1, 0.15) is 5.69 Å². The Morgan fingerprint density at radius 2 is 2.40 bits per heavy atom. The molecule has 0 unspecified atom stereocenters. The van der Waals surface area contributed by atoms with Gasteiger partial charge < -0.3 is 16.0 Å². The van der Waals surface area contributed by atoms with E-state index in [-0.39, 0.29) is 11.5 Å². The van der Waals surface area contributed by atoms with Crippen LogP contribution in [0.5, 0.6) is 0 Å². The molecule has 2 rings (SSSR count). The summed E-state index contributed by atoms with van der Waals surface area (Å²) in [6.45, 7) is 1.34. The van der Waals surface area contributed by atoms with E-state index >= 15 is 0 Å². The van der Waals surface area contributed by atoms with Crippen LogP contribution in [0.4, 0.5) is 17.5 Å². The third-order valence-electron chi connectivity index (χ3n) is 2.23. The van der Waals surface area contributed by atoms with Crippen LogP contribution in [-0.4, -0.2) is 29.1 Å². The molecular weight excluding hydrogens is 218 g/mol. The molecular formula is C8H12ClN5O. The number of hydrogen-bond donors (Lipinski definition) is 3. The van der Waals surface area contributed by atoms with Crippen molar-refractivity contribution in [1.82, 2.24) is 9.97 Å². The first-order valence-corrected chi connectivity index (χ1v) is 5.20. The Bertz CT molecular complexity index is 418. The first-order valence-electron chi connectivity index (χ1n) is 4.67. The van der Waals surface area contributed by atoms with E-state index in [2.05, 4.69) is 15.3 Å². The molecule has 1 aromatic rings. The number of H-pyrrole nitrogens is 1. The number of rotatable bonds is 3. The highest BCUT2D eigenvalue weighted by atomic mass is 35.5. The number of hydrogen-bond acceptors (Lipinski definition) is 5. The molecule has 15 heavy (non-hydrogen) atoms. The maximum atomic E-state index is 11.5. The van der Waals surface area contributed by atoms with Gasteiger partial charge in [0.25, 0.3) is 5.56 Å². The summed E-state index contributed by atoms with van der Waals surface area (Å²) in [7, 11) is 0. The summed E-state index contributed by atoms with van der Waals surface area (Å²) in [6.07, 6.45) is 0.844. The summed E-state index contributed by atoms with van der Waals surface area (Å²) in [5.74, 6) is 1.34. The lowest BCUT2D eigenvalue weighted by Crippen LogP contribution is -2.25. The van der Waals surface area contributed by atoms with Crippen molar-refractivity contribution < 1.29 is 0 Å². The second-order valence-corrected chi connectivity index (χ2v) is 3.67. The van der Waals surface area contributed by atoms with Crippen LogP contribution in [-0.2, 0) is 0 Å². The average Bonchev–Trinajstić information content (AvgIpc) is 2.58. The quantitative estimate of drug-likeness (QED) is 0.644. The first-order chi connectivity index (χ1) is 7.22. The monoisotopic (exact) mass is 229 g/mol. The van der Waals surface area contributed by atoms with Crippen molar-refractivity contribution in [2.24, 2.45) is 0 Å². The molecule has 1 aliphatic rings. The predicted octanol–water partition coefficient (Wildman–Crippen LogP) is 0.170. The summed E-state index contributed by atoms with van der Waals surface area (Å²) in [6, 6.07) is 0. The van der Waals surface area contributed by atoms with Crippen LogP contribution in [0, 0.1) is 0 Å². The zero-order valence-electron chi connectivity index (χ0n) is 8.09. The lowest BCUT2D eigenvalue weighted by molar-refractivity contribution is 0.812. The van der Waals surface area contributed by atoms with Gasteiger partial charge in [0.15, 0.2) is 5.82 Å². The van der Waals surface area contributed by atoms with E-state index in [0.29, 0.717) is 24.1 Å². The summed E-state index contributed by atoms with van der Waals surface area (Å²) in [5.41, 5.74) is 5.73. The Labute approximate surface area is 91.4 Å². The minimum Gasteiger partial charge on any atom is -0.369 e. The van der Waals surface area contributed by atoms with Gasteiger partial charge in [0, 0.05) is 12.4 Å². The third-order valence-corrected chi connectivity index (χ3v) is 2.49. The minimum atomic E-state index is -0.231. The van der Waals surface area contributed by atoms with Crippen LogP contribution < -0.4 is 21.5 Å². The van der Waals surface area contributed by atoms with Gasteiger partial charge in [-0.3, -0.25) is 9.78 Å². The second kappa shape index (κ2) is 3.98. The van der Waals surface area contributed by atoms with E-state index in [1.807, 2.05) is 4.90 Å². The van der Waals surface area contributed by atoms with Crippen LogP contribution in [0.2, 0.25) is 0 Å². The molecule has 0 aliphatic carbocycles. The number of nitrogens with zero attached hydrogens (tertiary/aromatic N) is 2. The molecule has 0 aromatic carbocycles. The van der Waals surface area contributed by atoms with E-state index in [1.165, 1.54) is 0 Å². The fraction of sp³-hybridized carbons (Fsp3) is 0.500. The van der Waals surface area contributed by atoms with Gasteiger partial charge in [-0.1, -0.05) is 0 Å². The first kappa shape index (κ1) is 10.1. The number of fused-ring (bicyclic) bond motifs is 1. The van der Waals surface area contributed by atoms with Gasteiger partial charge in [-0.05, 0) is 6.42 Å². The third kappa shape index (κ3) is 1.85. The van der Waals surface area contributed by atoms with Crippen LogP contribution in [0.3, 0.4) is 0 Å². The minimum absolute atomic E-state index is 0.137. The SMILES string of the molecule is Nc1nc2c(c(=O)[nH]1)NCN2CCCCl. The van der Waals surface area contributed by atoms with Crippen molar-refractivity contribution >= 4 is 29.1 Å². The van der Waals surface area contributed by atoms with Gasteiger partial charge >= 0.3 is 0 Å². The second-order valence-electron chi connectivity index (χ2n) is 3.29. The van der Waals surface area contributed by atoms with Crippen molar-refractivity contribution in [2.75, 3.05) is 35.0 Å². The molecule has 0 bridgehead atoms. The molecule has 6 nitrogen and oxygen atoms in total. The van der Waals surface area contributed by atoms with Gasteiger partial charge in [0.2, 0.25) is 5.95 Å². The van der Waals surface area contributed by atoms with Gasteiger partial charge in [0.05, 0.1) is 6.67 Å². The van der Waals surface area contributed by atoms with E-state index in [4.69, 9.17) is 17.3 Å². The zero-order valence-corrected chi connectivity index (χ0v) is 8.84. The van der Waals surface area contributed by atoms with Gasteiger partial charge in [-0.25, -0.2) is 0 Å². The van der Waals surface area contributed by atoms with Crippen molar-refractivity contribution in [2.45, 2.75) is 6.42 Å². The molecule has 0 spiro atoms. The van der Waals surface area contributed by atoms with E-state index in [9.17, 15) is 4.79 Å². The number of anilines is 3. The topological polar surface area (TPSA) is 87.0 Å². The van der Waals surface area contributed by atoms with Gasteiger partial charge in [-0.15, -0.1) is 11.6 Å². The fourth-order valence-electron chi connectivity index (χ4n) is 1.55. The van der Waals surface area contributed by atoms with E-state index in [0.717, 1.165) is 13.0 Å². The number of halogens is 1. The lowest BCUT2D eigenvalue weighted by Gasteiger charge is -2.15. The Morgan fingerprint density at radius 3 is 3.13 bits per heavy atom. The maximum Gasteiger partial charge on any atom is 0.277 e. The smallest absolute Gasteiger partial charge is 0.277 e. The Kier molecular flexibility index (Phi) is 2.68. The zero-order chi connectivity index (χ0) is 10.8. The molecule has 0 saturated carbocycles. The summed E-state index contributed by atoms with van der Waals surface area (Å²) < 4.78 is 0. The largest absolute Gasteiger partial charge is 0.369 e. The molecule has 0 atom stereocenters. The van der Waals surface area contributed by atoms with E-state index < -0.39 is 0 Å². The summed E-state index contributed by atoms with van der Waals surface area (Å²) >= 11 is 5.61. The highest BCUT2D eigenvalue weighted by Gasteiger charge is 2.22. The summed E-state index contributed by atoms with van der Waals surface area (Å²) in [5, 5.41) is 2.98. The molecule has 4 N–H and O–H groups in total. The van der Waals surface area contributed by atoms with Crippen molar-refractivity contribution in [1.29, 1.82) is 0 Å². The number of nitrogen functional groups attached to an aromatic ring is 1. The van der Waals surface area contributed by atoms with Crippen molar-refractivity contribution in [3.8, 4) is 0 Å². The Hall–Kier alpha value is -1.43. The molecule has 82 valence electrons. The lowest BCUT2D eigenvalue weighted by atomic mass is 10.4. The molecule has 1 aromatic heterocycles. The van der Waals surface area contributed by atoms with Crippen LogP contribution in [0.25, 0.3) is 0 Å². The Balaban J connectivity index is 2.29. The van der Waals surface area contributed by atoms with Crippen LogP contribution >= 0.6 is 11.6 Å². The fourth-order valence-corrected chi connectivity index (χ4v) is 1.67. The molecule has 7 heteroatoms. The highest BCUT2D eigenvalue weighted by Crippen LogP contribution is 2.25. The number of alkyl halides is 1. The maximum absolute atomic E-state index is 11.5. The number of nitrogens with two attached hydrogens (primary N) is 1. The normalized spacial score (nSPS) is 13.8. The predicted molar refractivity (Wildman–Crippen MR) is 60.4 cm³/mol. The van der Waals surface area contributed by atoms with E-state index in [1.54, 1.807) is 0 Å². The average molecular weight is 230 g/mol. The number of aromatic nitrogens is 2. The Morgan fingerprint density at radius 1 is 1.60 bits per heavy atom. The molecule has 1 aliphatic heterocycles. The van der Waals surface area contributed by atoms with Crippen LogP contribution in [0.1, 0.15) is 6.42 Å². The molecule has 0 fully saturated rings. The standard InChI is InChI=1S/C8H12ClN5O/c9-2-1-3-14-4-11-5-6(14)12-8(10)13-7(5)15/h11H,1-4H2,(H3,10,12,13,15). The number of nitrogens with one attached hydrogen (secondary N) is 2. The molecule has 2 heterocycles. The van der Waals surface area contributed by atoms with Crippen LogP contribution in [0.15, 0.2) is 4.79 Å². The summed E-state index contributed by atoms with van der Waals surface area (Å²) in [4.78, 5) is 19.9. The van der Waals surface area contributed by atoms with Gasteiger partial charge in [-0.2, -0.15) is 4.98 Å². The number of aromatic amines is 1. The highest BCUT2D eigenvalue weighted by molar-refractivity contribution is 6.17. The molecule has 0 amide bonds. The van der Waals surface area contributed by atoms with Crippen molar-refractivity contribution in [3.05, 3.63) is 10.4 Å². The van der Waals surface area contributed by atoms with Crippen molar-refractivity contribution in [3.63, 3.8) is 0 Å². The molecule has 0 radical (unpaired) electrons.